The zero-order valence-electron chi connectivity index (χ0n) is 12.3. The van der Waals surface area contributed by atoms with Crippen LogP contribution < -0.4 is 14.4 Å². The molecule has 0 amide bonds. The maximum atomic E-state index is 12.4. The molecule has 1 aliphatic rings. The number of nitrogens with zero attached hydrogens (tertiary/aromatic N) is 1. The van der Waals surface area contributed by atoms with Crippen LogP contribution in [0, 0.1) is 0 Å². The third-order valence-corrected chi connectivity index (χ3v) is 6.42. The van der Waals surface area contributed by atoms with E-state index in [1.807, 2.05) is 12.1 Å². The van der Waals surface area contributed by atoms with Gasteiger partial charge >= 0.3 is 0 Å². The lowest BCUT2D eigenvalue weighted by Crippen LogP contribution is -2.18. The highest BCUT2D eigenvalue weighted by atomic mass is 32.2. The molecule has 0 spiro atoms. The Morgan fingerprint density at radius 3 is 2.64 bits per heavy atom. The van der Waals surface area contributed by atoms with Gasteiger partial charge in [-0.25, -0.2) is 8.42 Å². The minimum Gasteiger partial charge on any atom is -0.495 e. The van der Waals surface area contributed by atoms with E-state index in [0.29, 0.717) is 15.6 Å². The average Bonchev–Trinajstić information content (AvgIpc) is 3.20. The van der Waals surface area contributed by atoms with Crippen molar-refractivity contribution >= 4 is 32.7 Å². The van der Waals surface area contributed by atoms with E-state index in [1.54, 1.807) is 23.6 Å². The van der Waals surface area contributed by atoms with Crippen LogP contribution in [0.15, 0.2) is 39.9 Å². The van der Waals surface area contributed by atoms with E-state index < -0.39 is 10.0 Å². The molecule has 7 heteroatoms. The van der Waals surface area contributed by atoms with E-state index in [2.05, 4.69) is 9.62 Å². The van der Waals surface area contributed by atoms with Crippen LogP contribution in [0.3, 0.4) is 0 Å². The molecule has 1 saturated heterocycles. The van der Waals surface area contributed by atoms with Crippen LogP contribution in [-0.2, 0) is 10.0 Å². The molecule has 0 unspecified atom stereocenters. The number of ether oxygens (including phenoxy) is 1. The normalized spacial score (nSPS) is 15.0. The molecule has 5 nitrogen and oxygen atoms in total. The summed E-state index contributed by atoms with van der Waals surface area (Å²) >= 11 is 1.19. The molecule has 1 aromatic carbocycles. The lowest BCUT2D eigenvalue weighted by Gasteiger charge is -2.20. The number of benzene rings is 1. The van der Waals surface area contributed by atoms with Crippen molar-refractivity contribution < 1.29 is 13.2 Å². The zero-order chi connectivity index (χ0) is 15.6. The Balaban J connectivity index is 1.92. The Bertz CT molecular complexity index is 736. The molecular formula is C15H18N2O3S2. The zero-order valence-corrected chi connectivity index (χ0v) is 13.9. The van der Waals surface area contributed by atoms with Crippen molar-refractivity contribution in [1.82, 2.24) is 0 Å². The van der Waals surface area contributed by atoms with Gasteiger partial charge in [0.05, 0.1) is 12.8 Å². The Morgan fingerprint density at radius 1 is 1.23 bits per heavy atom. The van der Waals surface area contributed by atoms with E-state index in [4.69, 9.17) is 4.74 Å². The van der Waals surface area contributed by atoms with E-state index in [-0.39, 0.29) is 0 Å². The quantitative estimate of drug-likeness (QED) is 0.910. The highest BCUT2D eigenvalue weighted by molar-refractivity contribution is 7.94. The van der Waals surface area contributed by atoms with Crippen LogP contribution >= 0.6 is 11.3 Å². The van der Waals surface area contributed by atoms with Crippen LogP contribution in [0.4, 0.5) is 11.4 Å². The maximum Gasteiger partial charge on any atom is 0.271 e. The third kappa shape index (κ3) is 3.05. The molecule has 0 aliphatic carbocycles. The molecule has 1 aromatic heterocycles. The van der Waals surface area contributed by atoms with Gasteiger partial charge in [-0.3, -0.25) is 4.72 Å². The van der Waals surface area contributed by atoms with Gasteiger partial charge in [0.15, 0.2) is 0 Å². The highest BCUT2D eigenvalue weighted by Gasteiger charge is 2.19. The molecule has 0 bridgehead atoms. The van der Waals surface area contributed by atoms with E-state index in [1.165, 1.54) is 31.3 Å². The van der Waals surface area contributed by atoms with Gasteiger partial charge in [-0.15, -0.1) is 11.3 Å². The standard InChI is InChI=1S/C15H18N2O3S2/c1-20-14-7-6-12(17-8-2-3-9-17)11-13(14)16-22(18,19)15-5-4-10-21-15/h4-7,10-11,16H,2-3,8-9H2,1H3. The Kier molecular flexibility index (Phi) is 4.26. The lowest BCUT2D eigenvalue weighted by atomic mass is 10.2. The van der Waals surface area contributed by atoms with Gasteiger partial charge < -0.3 is 9.64 Å². The summed E-state index contributed by atoms with van der Waals surface area (Å²) in [5.74, 6) is 0.517. The number of methoxy groups -OCH3 is 1. The van der Waals surface area contributed by atoms with Crippen molar-refractivity contribution in [2.45, 2.75) is 17.1 Å². The molecule has 1 N–H and O–H groups in total. The average molecular weight is 338 g/mol. The largest absolute Gasteiger partial charge is 0.495 e. The molecule has 22 heavy (non-hydrogen) atoms. The molecule has 1 fully saturated rings. The van der Waals surface area contributed by atoms with Gasteiger partial charge in [0.2, 0.25) is 0 Å². The summed E-state index contributed by atoms with van der Waals surface area (Å²) in [6.45, 7) is 2.01. The number of nitrogens with one attached hydrogen (secondary N) is 1. The van der Waals surface area contributed by atoms with Crippen molar-refractivity contribution in [2.75, 3.05) is 29.8 Å². The minimum atomic E-state index is -3.57. The van der Waals surface area contributed by atoms with Crippen LogP contribution in [0.1, 0.15) is 12.8 Å². The van der Waals surface area contributed by atoms with E-state index in [0.717, 1.165) is 18.8 Å². The van der Waals surface area contributed by atoms with Gasteiger partial charge in [0, 0.05) is 18.8 Å². The molecule has 3 rings (SSSR count). The second-order valence-corrected chi connectivity index (χ2v) is 7.97. The third-order valence-electron chi connectivity index (χ3n) is 3.66. The van der Waals surface area contributed by atoms with Crippen molar-refractivity contribution in [2.24, 2.45) is 0 Å². The van der Waals surface area contributed by atoms with Crippen LogP contribution in [0.5, 0.6) is 5.75 Å². The maximum absolute atomic E-state index is 12.4. The first-order valence-electron chi connectivity index (χ1n) is 7.09. The topological polar surface area (TPSA) is 58.6 Å². The second-order valence-electron chi connectivity index (χ2n) is 5.12. The van der Waals surface area contributed by atoms with E-state index >= 15 is 0 Å². The smallest absolute Gasteiger partial charge is 0.271 e. The summed E-state index contributed by atoms with van der Waals surface area (Å²) in [5, 5.41) is 1.74. The van der Waals surface area contributed by atoms with Gasteiger partial charge in [-0.05, 0) is 42.5 Å². The predicted molar refractivity (Wildman–Crippen MR) is 89.6 cm³/mol. The summed E-state index contributed by atoms with van der Waals surface area (Å²) in [4.78, 5) is 2.25. The van der Waals surface area contributed by atoms with E-state index in [9.17, 15) is 8.42 Å². The lowest BCUT2D eigenvalue weighted by molar-refractivity contribution is 0.417. The van der Waals surface area contributed by atoms with Crippen LogP contribution in [0.25, 0.3) is 0 Å². The summed E-state index contributed by atoms with van der Waals surface area (Å²) in [6, 6.07) is 8.92. The first-order chi connectivity index (χ1) is 10.6. The first-order valence-corrected chi connectivity index (χ1v) is 9.46. The molecule has 118 valence electrons. The summed E-state index contributed by atoms with van der Waals surface area (Å²) in [7, 11) is -2.04. The summed E-state index contributed by atoms with van der Waals surface area (Å²) in [5.41, 5.74) is 1.49. The van der Waals surface area contributed by atoms with Crippen molar-refractivity contribution in [3.63, 3.8) is 0 Å². The Morgan fingerprint density at radius 2 is 2.00 bits per heavy atom. The number of hydrogen-bond acceptors (Lipinski definition) is 5. The van der Waals surface area contributed by atoms with Crippen molar-refractivity contribution in [1.29, 1.82) is 0 Å². The summed E-state index contributed by atoms with van der Waals surface area (Å²) in [6.07, 6.45) is 2.34. The fraction of sp³-hybridized carbons (Fsp3) is 0.333. The SMILES string of the molecule is COc1ccc(N2CCCC2)cc1NS(=O)(=O)c1cccs1. The number of sulfonamides is 1. The Hall–Kier alpha value is -1.73. The van der Waals surface area contributed by atoms with Gasteiger partial charge in [0.25, 0.3) is 10.0 Å². The molecule has 0 saturated carbocycles. The predicted octanol–water partition coefficient (Wildman–Crippen LogP) is 3.16. The molecule has 2 aromatic rings. The molecular weight excluding hydrogens is 320 g/mol. The van der Waals surface area contributed by atoms with Gasteiger partial charge in [-0.1, -0.05) is 6.07 Å². The van der Waals surface area contributed by atoms with Crippen molar-refractivity contribution in [3.05, 3.63) is 35.7 Å². The molecule has 2 heterocycles. The number of hydrogen-bond donors (Lipinski definition) is 1. The Labute approximate surface area is 134 Å². The van der Waals surface area contributed by atoms with Crippen LogP contribution in [0.2, 0.25) is 0 Å². The number of anilines is 2. The van der Waals surface area contributed by atoms with Gasteiger partial charge in [-0.2, -0.15) is 0 Å². The number of thiophene rings is 1. The molecule has 0 radical (unpaired) electrons. The number of rotatable bonds is 5. The molecule has 1 aliphatic heterocycles. The minimum absolute atomic E-state index is 0.293. The van der Waals surface area contributed by atoms with Crippen molar-refractivity contribution in [3.8, 4) is 5.75 Å². The second kappa shape index (κ2) is 6.18. The van der Waals surface area contributed by atoms with Crippen LogP contribution in [-0.4, -0.2) is 28.6 Å². The summed E-state index contributed by atoms with van der Waals surface area (Å²) < 4.78 is 33.0. The monoisotopic (exact) mass is 338 g/mol. The first kappa shape index (κ1) is 15.2. The molecule has 0 atom stereocenters. The fourth-order valence-electron chi connectivity index (χ4n) is 2.56. The fourth-order valence-corrected chi connectivity index (χ4v) is 4.61. The highest BCUT2D eigenvalue weighted by Crippen LogP contribution is 2.33. The van der Waals surface area contributed by atoms with Gasteiger partial charge in [0.1, 0.15) is 9.96 Å².